The average molecular weight is 316 g/mol. The predicted molar refractivity (Wildman–Crippen MR) is 85.1 cm³/mol. The molecule has 0 atom stereocenters. The van der Waals surface area contributed by atoms with Crippen LogP contribution in [0.2, 0.25) is 0 Å². The fraction of sp³-hybridized carbons (Fsp3) is 0.471. The molecule has 0 aromatic heterocycles. The van der Waals surface area contributed by atoms with E-state index in [2.05, 4.69) is 10.1 Å². The SMILES string of the molecule is CCOC(=O)C(=O)Nc1ccc2c(c1)N(C(=O)C1CC1)CCC2. The molecule has 0 bridgehead atoms. The summed E-state index contributed by atoms with van der Waals surface area (Å²) in [6, 6.07) is 5.43. The van der Waals surface area contributed by atoms with Crippen LogP contribution in [0, 0.1) is 5.92 Å². The number of fused-ring (bicyclic) bond motifs is 1. The van der Waals surface area contributed by atoms with E-state index in [9.17, 15) is 14.4 Å². The Morgan fingerprint density at radius 1 is 1.30 bits per heavy atom. The number of carbonyl (C=O) groups is 3. The van der Waals surface area contributed by atoms with E-state index < -0.39 is 11.9 Å². The summed E-state index contributed by atoms with van der Waals surface area (Å²) in [5.41, 5.74) is 2.44. The molecule has 1 aliphatic carbocycles. The van der Waals surface area contributed by atoms with E-state index in [4.69, 9.17) is 0 Å². The summed E-state index contributed by atoms with van der Waals surface area (Å²) in [7, 11) is 0. The van der Waals surface area contributed by atoms with E-state index in [0.717, 1.165) is 36.9 Å². The first-order chi connectivity index (χ1) is 11.1. The van der Waals surface area contributed by atoms with Gasteiger partial charge in [-0.2, -0.15) is 0 Å². The lowest BCUT2D eigenvalue weighted by molar-refractivity contribution is -0.152. The lowest BCUT2D eigenvalue weighted by Gasteiger charge is -2.30. The van der Waals surface area contributed by atoms with Gasteiger partial charge in [0.25, 0.3) is 0 Å². The largest absolute Gasteiger partial charge is 0.459 e. The van der Waals surface area contributed by atoms with Crippen molar-refractivity contribution >= 4 is 29.2 Å². The lowest BCUT2D eigenvalue weighted by atomic mass is 10.0. The van der Waals surface area contributed by atoms with Crippen LogP contribution in [-0.2, 0) is 25.5 Å². The second kappa shape index (κ2) is 6.40. The second-order valence-electron chi connectivity index (χ2n) is 5.89. The van der Waals surface area contributed by atoms with Crippen LogP contribution in [0.15, 0.2) is 18.2 Å². The molecule has 1 saturated carbocycles. The molecule has 1 aromatic rings. The summed E-state index contributed by atoms with van der Waals surface area (Å²) >= 11 is 0. The van der Waals surface area contributed by atoms with Crippen molar-refractivity contribution in [3.63, 3.8) is 0 Å². The molecule has 0 saturated heterocycles. The van der Waals surface area contributed by atoms with E-state index in [1.807, 2.05) is 11.0 Å². The Balaban J connectivity index is 1.79. The summed E-state index contributed by atoms with van der Waals surface area (Å²) < 4.78 is 4.67. The van der Waals surface area contributed by atoms with Gasteiger partial charge in [0.15, 0.2) is 0 Å². The first-order valence-electron chi connectivity index (χ1n) is 8.02. The fourth-order valence-corrected chi connectivity index (χ4v) is 2.81. The maximum Gasteiger partial charge on any atom is 0.397 e. The number of hydrogen-bond acceptors (Lipinski definition) is 4. The van der Waals surface area contributed by atoms with E-state index in [1.54, 1.807) is 19.1 Å². The van der Waals surface area contributed by atoms with Gasteiger partial charge in [-0.25, -0.2) is 4.79 Å². The maximum absolute atomic E-state index is 12.4. The van der Waals surface area contributed by atoms with Crippen LogP contribution >= 0.6 is 0 Å². The molecule has 1 aromatic carbocycles. The number of aryl methyl sites for hydroxylation is 1. The third-order valence-corrected chi connectivity index (χ3v) is 4.12. The Morgan fingerprint density at radius 3 is 2.78 bits per heavy atom. The summed E-state index contributed by atoms with van der Waals surface area (Å²) in [5.74, 6) is -1.39. The highest BCUT2D eigenvalue weighted by Crippen LogP contribution is 2.36. The highest BCUT2D eigenvalue weighted by Gasteiger charge is 2.35. The highest BCUT2D eigenvalue weighted by atomic mass is 16.5. The van der Waals surface area contributed by atoms with Crippen LogP contribution < -0.4 is 10.2 Å². The Labute approximate surface area is 134 Å². The number of rotatable bonds is 3. The van der Waals surface area contributed by atoms with Crippen molar-refractivity contribution in [2.45, 2.75) is 32.6 Å². The van der Waals surface area contributed by atoms with Gasteiger partial charge in [-0.15, -0.1) is 0 Å². The molecule has 1 heterocycles. The number of benzene rings is 1. The fourth-order valence-electron chi connectivity index (χ4n) is 2.81. The van der Waals surface area contributed by atoms with Crippen molar-refractivity contribution in [1.82, 2.24) is 0 Å². The van der Waals surface area contributed by atoms with Crippen molar-refractivity contribution in [2.24, 2.45) is 5.92 Å². The van der Waals surface area contributed by atoms with Crippen molar-refractivity contribution < 1.29 is 19.1 Å². The molecule has 122 valence electrons. The Kier molecular flexibility index (Phi) is 4.32. The Bertz CT molecular complexity index is 652. The molecule has 1 aliphatic heterocycles. The normalized spacial score (nSPS) is 16.5. The number of esters is 1. The number of hydrogen-bond donors (Lipinski definition) is 1. The van der Waals surface area contributed by atoms with Gasteiger partial charge in [-0.05, 0) is 50.3 Å². The molecule has 23 heavy (non-hydrogen) atoms. The van der Waals surface area contributed by atoms with Crippen LogP contribution in [0.5, 0.6) is 0 Å². The standard InChI is InChI=1S/C17H20N2O4/c1-2-23-17(22)15(20)18-13-8-7-11-4-3-9-19(14(11)10-13)16(21)12-5-6-12/h7-8,10,12H,2-6,9H2,1H3,(H,18,20). The van der Waals surface area contributed by atoms with Gasteiger partial charge in [0.1, 0.15) is 0 Å². The minimum absolute atomic E-state index is 0.152. The molecule has 0 unspecified atom stereocenters. The monoisotopic (exact) mass is 316 g/mol. The zero-order chi connectivity index (χ0) is 16.4. The average Bonchev–Trinajstić information content (AvgIpc) is 3.38. The van der Waals surface area contributed by atoms with E-state index in [-0.39, 0.29) is 18.4 Å². The van der Waals surface area contributed by atoms with Crippen LogP contribution in [0.3, 0.4) is 0 Å². The van der Waals surface area contributed by atoms with Gasteiger partial charge >= 0.3 is 11.9 Å². The zero-order valence-electron chi connectivity index (χ0n) is 13.1. The predicted octanol–water partition coefficient (Wildman–Crippen LogP) is 1.88. The lowest BCUT2D eigenvalue weighted by Crippen LogP contribution is -2.36. The molecular weight excluding hydrogens is 296 g/mol. The zero-order valence-corrected chi connectivity index (χ0v) is 13.1. The Morgan fingerprint density at radius 2 is 2.09 bits per heavy atom. The minimum atomic E-state index is -0.906. The van der Waals surface area contributed by atoms with Crippen molar-refractivity contribution in [1.29, 1.82) is 0 Å². The van der Waals surface area contributed by atoms with Gasteiger partial charge < -0.3 is 15.0 Å². The molecular formula is C17H20N2O4. The maximum atomic E-state index is 12.4. The summed E-state index contributed by atoms with van der Waals surface area (Å²) in [5, 5.41) is 2.53. The first kappa shape index (κ1) is 15.5. The molecule has 0 radical (unpaired) electrons. The molecule has 3 rings (SSSR count). The molecule has 6 heteroatoms. The first-order valence-corrected chi connectivity index (χ1v) is 8.02. The molecule has 1 N–H and O–H groups in total. The van der Waals surface area contributed by atoms with Gasteiger partial charge in [-0.1, -0.05) is 6.07 Å². The van der Waals surface area contributed by atoms with Crippen LogP contribution in [0.1, 0.15) is 31.7 Å². The van der Waals surface area contributed by atoms with Gasteiger partial charge in [0, 0.05) is 23.8 Å². The van der Waals surface area contributed by atoms with Gasteiger partial charge in [0.05, 0.1) is 6.61 Å². The van der Waals surface area contributed by atoms with Crippen molar-refractivity contribution in [3.8, 4) is 0 Å². The van der Waals surface area contributed by atoms with Crippen molar-refractivity contribution in [3.05, 3.63) is 23.8 Å². The topological polar surface area (TPSA) is 75.7 Å². The van der Waals surface area contributed by atoms with Gasteiger partial charge in [-0.3, -0.25) is 9.59 Å². The number of nitrogens with one attached hydrogen (secondary N) is 1. The van der Waals surface area contributed by atoms with Crippen molar-refractivity contribution in [2.75, 3.05) is 23.4 Å². The quantitative estimate of drug-likeness (QED) is 0.682. The number of amides is 2. The van der Waals surface area contributed by atoms with E-state index in [1.165, 1.54) is 0 Å². The summed E-state index contributed by atoms with van der Waals surface area (Å²) in [6.45, 7) is 2.50. The van der Waals surface area contributed by atoms with E-state index >= 15 is 0 Å². The molecule has 6 nitrogen and oxygen atoms in total. The highest BCUT2D eigenvalue weighted by molar-refractivity contribution is 6.37. The Hall–Kier alpha value is -2.37. The molecule has 2 amide bonds. The van der Waals surface area contributed by atoms with Gasteiger partial charge in [0.2, 0.25) is 5.91 Å². The second-order valence-corrected chi connectivity index (χ2v) is 5.89. The smallest absolute Gasteiger partial charge is 0.397 e. The molecule has 0 spiro atoms. The third-order valence-electron chi connectivity index (χ3n) is 4.12. The number of ether oxygens (including phenoxy) is 1. The number of nitrogens with zero attached hydrogens (tertiary/aromatic N) is 1. The van der Waals surface area contributed by atoms with Crippen LogP contribution in [0.25, 0.3) is 0 Å². The van der Waals surface area contributed by atoms with Crippen LogP contribution in [0.4, 0.5) is 11.4 Å². The minimum Gasteiger partial charge on any atom is -0.459 e. The number of carbonyl (C=O) groups excluding carboxylic acids is 3. The van der Waals surface area contributed by atoms with E-state index in [0.29, 0.717) is 12.2 Å². The molecule has 1 fully saturated rings. The number of anilines is 2. The summed E-state index contributed by atoms with van der Waals surface area (Å²) in [6.07, 6.45) is 3.78. The van der Waals surface area contributed by atoms with Crippen LogP contribution in [-0.4, -0.2) is 30.9 Å². The summed E-state index contributed by atoms with van der Waals surface area (Å²) in [4.78, 5) is 37.4. The molecule has 2 aliphatic rings. The third kappa shape index (κ3) is 3.36.